The van der Waals surface area contributed by atoms with E-state index in [1.54, 1.807) is 7.11 Å². The van der Waals surface area contributed by atoms with Crippen LogP contribution in [0.2, 0.25) is 0 Å². The maximum absolute atomic E-state index is 13.1. The van der Waals surface area contributed by atoms with E-state index in [0.29, 0.717) is 5.92 Å². The fourth-order valence-electron chi connectivity index (χ4n) is 3.54. The maximum Gasteiger partial charge on any atom is 0.246 e. The number of likely N-dealkylation sites (tertiary alicyclic amines) is 1. The lowest BCUT2D eigenvalue weighted by molar-refractivity contribution is -0.122. The van der Waals surface area contributed by atoms with Crippen LogP contribution in [0.1, 0.15) is 31.4 Å². The van der Waals surface area contributed by atoms with Crippen LogP contribution in [0.5, 0.6) is 5.75 Å². The molecule has 1 aliphatic rings. The lowest BCUT2D eigenvalue weighted by Crippen LogP contribution is -2.42. The summed E-state index contributed by atoms with van der Waals surface area (Å²) < 4.78 is 5.25. The first kappa shape index (κ1) is 17.5. The van der Waals surface area contributed by atoms with Crippen molar-refractivity contribution in [1.82, 2.24) is 4.90 Å². The van der Waals surface area contributed by atoms with Gasteiger partial charge in [0.25, 0.3) is 0 Å². The molecule has 3 rings (SSSR count). The highest BCUT2D eigenvalue weighted by Crippen LogP contribution is 2.28. The molecule has 1 amide bonds. The molecular weight excluding hydrogens is 312 g/mol. The zero-order valence-corrected chi connectivity index (χ0v) is 14.9. The average Bonchev–Trinajstić information content (AvgIpc) is 2.63. The SMILES string of the molecule is COc1cccc(NC(=O)C(c2ccccc2)N2CCCC(C)C2)c1. The van der Waals surface area contributed by atoms with Gasteiger partial charge in [-0.3, -0.25) is 9.69 Å². The van der Waals surface area contributed by atoms with Crippen molar-refractivity contribution in [2.24, 2.45) is 5.92 Å². The monoisotopic (exact) mass is 338 g/mol. The van der Waals surface area contributed by atoms with E-state index < -0.39 is 0 Å². The summed E-state index contributed by atoms with van der Waals surface area (Å²) in [4.78, 5) is 15.4. The van der Waals surface area contributed by atoms with Crippen LogP contribution in [0, 0.1) is 5.92 Å². The zero-order valence-electron chi connectivity index (χ0n) is 14.9. The quantitative estimate of drug-likeness (QED) is 0.892. The molecule has 2 unspecified atom stereocenters. The topological polar surface area (TPSA) is 41.6 Å². The largest absolute Gasteiger partial charge is 0.497 e. The summed E-state index contributed by atoms with van der Waals surface area (Å²) in [5.74, 6) is 1.36. The van der Waals surface area contributed by atoms with Crippen molar-refractivity contribution in [3.8, 4) is 5.75 Å². The molecule has 1 heterocycles. The predicted molar refractivity (Wildman–Crippen MR) is 101 cm³/mol. The van der Waals surface area contributed by atoms with Gasteiger partial charge in [-0.25, -0.2) is 0 Å². The van der Waals surface area contributed by atoms with Crippen molar-refractivity contribution < 1.29 is 9.53 Å². The Bertz CT molecular complexity index is 702. The second-order valence-electron chi connectivity index (χ2n) is 6.78. The maximum atomic E-state index is 13.1. The lowest BCUT2D eigenvalue weighted by Gasteiger charge is -2.36. The first-order valence-electron chi connectivity index (χ1n) is 8.91. The molecule has 25 heavy (non-hydrogen) atoms. The highest BCUT2D eigenvalue weighted by molar-refractivity contribution is 5.95. The molecule has 0 aromatic heterocycles. The van der Waals surface area contributed by atoms with E-state index in [-0.39, 0.29) is 11.9 Å². The molecule has 132 valence electrons. The number of nitrogens with one attached hydrogen (secondary N) is 1. The van der Waals surface area contributed by atoms with Crippen molar-refractivity contribution in [2.75, 3.05) is 25.5 Å². The Morgan fingerprint density at radius 1 is 1.20 bits per heavy atom. The van der Waals surface area contributed by atoms with Gasteiger partial charge >= 0.3 is 0 Å². The van der Waals surface area contributed by atoms with Crippen LogP contribution in [0.15, 0.2) is 54.6 Å². The molecule has 4 nitrogen and oxygen atoms in total. The Balaban J connectivity index is 1.84. The van der Waals surface area contributed by atoms with Gasteiger partial charge in [-0.2, -0.15) is 0 Å². The molecule has 1 saturated heterocycles. The van der Waals surface area contributed by atoms with E-state index in [0.717, 1.165) is 36.5 Å². The van der Waals surface area contributed by atoms with Crippen LogP contribution in [-0.2, 0) is 4.79 Å². The number of hydrogen-bond acceptors (Lipinski definition) is 3. The van der Waals surface area contributed by atoms with Gasteiger partial charge in [0, 0.05) is 18.3 Å². The van der Waals surface area contributed by atoms with Gasteiger partial charge in [0.15, 0.2) is 0 Å². The molecule has 0 saturated carbocycles. The number of carbonyl (C=O) groups excluding carboxylic acids is 1. The van der Waals surface area contributed by atoms with Crippen molar-refractivity contribution in [2.45, 2.75) is 25.8 Å². The number of carbonyl (C=O) groups is 1. The van der Waals surface area contributed by atoms with Crippen LogP contribution in [0.3, 0.4) is 0 Å². The third-order valence-corrected chi connectivity index (χ3v) is 4.75. The second-order valence-corrected chi connectivity index (χ2v) is 6.78. The third kappa shape index (κ3) is 4.40. The van der Waals surface area contributed by atoms with Crippen LogP contribution in [0.25, 0.3) is 0 Å². The number of benzene rings is 2. The van der Waals surface area contributed by atoms with Gasteiger partial charge < -0.3 is 10.1 Å². The number of methoxy groups -OCH3 is 1. The fraction of sp³-hybridized carbons (Fsp3) is 0.381. The summed E-state index contributed by atoms with van der Waals surface area (Å²) in [7, 11) is 1.63. The molecular formula is C21H26N2O2. The second kappa shape index (κ2) is 8.17. The Kier molecular flexibility index (Phi) is 5.71. The normalized spacial score (nSPS) is 19.2. The van der Waals surface area contributed by atoms with E-state index in [4.69, 9.17) is 4.74 Å². The van der Waals surface area contributed by atoms with E-state index in [9.17, 15) is 4.79 Å². The molecule has 1 fully saturated rings. The average molecular weight is 338 g/mol. The van der Waals surface area contributed by atoms with Crippen molar-refractivity contribution in [3.05, 3.63) is 60.2 Å². The summed E-state index contributed by atoms with van der Waals surface area (Å²) in [6.07, 6.45) is 2.37. The smallest absolute Gasteiger partial charge is 0.246 e. The molecule has 2 atom stereocenters. The van der Waals surface area contributed by atoms with Crippen LogP contribution < -0.4 is 10.1 Å². The summed E-state index contributed by atoms with van der Waals surface area (Å²) in [5.41, 5.74) is 1.80. The lowest BCUT2D eigenvalue weighted by atomic mass is 9.95. The number of amides is 1. The van der Waals surface area contributed by atoms with Crippen LogP contribution >= 0.6 is 0 Å². The van der Waals surface area contributed by atoms with Crippen molar-refractivity contribution >= 4 is 11.6 Å². The summed E-state index contributed by atoms with van der Waals surface area (Å²) >= 11 is 0. The minimum absolute atomic E-state index is 0.00792. The molecule has 2 aromatic rings. The highest BCUT2D eigenvalue weighted by Gasteiger charge is 2.30. The van der Waals surface area contributed by atoms with Gasteiger partial charge in [0.05, 0.1) is 7.11 Å². The molecule has 4 heteroatoms. The van der Waals surface area contributed by atoms with E-state index in [2.05, 4.69) is 17.1 Å². The first-order valence-corrected chi connectivity index (χ1v) is 8.91. The summed E-state index contributed by atoms with van der Waals surface area (Å²) in [6, 6.07) is 17.3. The molecule has 0 aliphatic carbocycles. The number of ether oxygens (including phenoxy) is 1. The number of anilines is 1. The van der Waals surface area contributed by atoms with Gasteiger partial charge in [0.1, 0.15) is 11.8 Å². The molecule has 1 N–H and O–H groups in total. The molecule has 2 aromatic carbocycles. The minimum Gasteiger partial charge on any atom is -0.497 e. The standard InChI is InChI=1S/C21H26N2O2/c1-16-8-7-13-23(15-16)20(17-9-4-3-5-10-17)21(24)22-18-11-6-12-19(14-18)25-2/h3-6,9-12,14,16,20H,7-8,13,15H2,1-2H3,(H,22,24). The highest BCUT2D eigenvalue weighted by atomic mass is 16.5. The van der Waals surface area contributed by atoms with Gasteiger partial charge in [-0.1, -0.05) is 43.3 Å². The minimum atomic E-state index is -0.268. The van der Waals surface area contributed by atoms with Crippen molar-refractivity contribution in [1.29, 1.82) is 0 Å². The fourth-order valence-corrected chi connectivity index (χ4v) is 3.54. The van der Waals surface area contributed by atoms with Crippen LogP contribution in [0.4, 0.5) is 5.69 Å². The number of piperidine rings is 1. The van der Waals surface area contributed by atoms with E-state index in [1.807, 2.05) is 54.6 Å². The Labute approximate surface area is 149 Å². The number of hydrogen-bond donors (Lipinski definition) is 1. The third-order valence-electron chi connectivity index (χ3n) is 4.75. The molecule has 0 radical (unpaired) electrons. The molecule has 0 spiro atoms. The summed E-state index contributed by atoms with van der Waals surface area (Å²) in [6.45, 7) is 4.16. The van der Waals surface area contributed by atoms with Gasteiger partial charge in [-0.15, -0.1) is 0 Å². The van der Waals surface area contributed by atoms with Gasteiger partial charge in [0.2, 0.25) is 5.91 Å². The molecule has 1 aliphatic heterocycles. The van der Waals surface area contributed by atoms with Gasteiger partial charge in [-0.05, 0) is 43.0 Å². The summed E-state index contributed by atoms with van der Waals surface area (Å²) in [5, 5.41) is 3.07. The Morgan fingerprint density at radius 3 is 2.72 bits per heavy atom. The van der Waals surface area contributed by atoms with Crippen molar-refractivity contribution in [3.63, 3.8) is 0 Å². The van der Waals surface area contributed by atoms with E-state index in [1.165, 1.54) is 6.42 Å². The Morgan fingerprint density at radius 2 is 2.00 bits per heavy atom. The Hall–Kier alpha value is -2.33. The predicted octanol–water partition coefficient (Wildman–Crippen LogP) is 4.11. The van der Waals surface area contributed by atoms with Crippen LogP contribution in [-0.4, -0.2) is 31.0 Å². The number of nitrogens with zero attached hydrogens (tertiary/aromatic N) is 1. The zero-order chi connectivity index (χ0) is 17.6. The molecule has 0 bridgehead atoms. The number of rotatable bonds is 5. The first-order chi connectivity index (χ1) is 12.2. The van der Waals surface area contributed by atoms with E-state index >= 15 is 0 Å².